The second-order valence-corrected chi connectivity index (χ2v) is 3.00. The Labute approximate surface area is 89.7 Å². The first kappa shape index (κ1) is 11.7. The molecular formula is C11H16O4. The summed E-state index contributed by atoms with van der Waals surface area (Å²) in [5, 5.41) is 0. The molecule has 1 aromatic rings. The summed E-state index contributed by atoms with van der Waals surface area (Å²) < 4.78 is 20.6. The Morgan fingerprint density at radius 1 is 1.00 bits per heavy atom. The summed E-state index contributed by atoms with van der Waals surface area (Å²) in [5.41, 5.74) is 0.926. The number of hydrogen-bond acceptors (Lipinski definition) is 4. The summed E-state index contributed by atoms with van der Waals surface area (Å²) in [6.07, 6.45) is 0. The Morgan fingerprint density at radius 3 is 2.20 bits per heavy atom. The van der Waals surface area contributed by atoms with E-state index in [1.807, 2.05) is 13.0 Å². The molecule has 0 aliphatic heterocycles. The van der Waals surface area contributed by atoms with Crippen LogP contribution in [0.3, 0.4) is 0 Å². The third-order valence-electron chi connectivity index (χ3n) is 2.07. The minimum Gasteiger partial charge on any atom is -0.496 e. The fourth-order valence-corrected chi connectivity index (χ4v) is 1.24. The lowest BCUT2D eigenvalue weighted by molar-refractivity contribution is 0.0503. The molecule has 0 fully saturated rings. The van der Waals surface area contributed by atoms with Gasteiger partial charge >= 0.3 is 0 Å². The maximum Gasteiger partial charge on any atom is 0.188 e. The van der Waals surface area contributed by atoms with Crippen LogP contribution < -0.4 is 14.2 Å². The second-order valence-electron chi connectivity index (χ2n) is 3.00. The number of benzene rings is 1. The molecular weight excluding hydrogens is 196 g/mol. The zero-order valence-corrected chi connectivity index (χ0v) is 9.49. The third-order valence-corrected chi connectivity index (χ3v) is 2.07. The molecule has 4 heteroatoms. The van der Waals surface area contributed by atoms with Crippen LogP contribution in [0.1, 0.15) is 5.56 Å². The van der Waals surface area contributed by atoms with Crippen molar-refractivity contribution < 1.29 is 18.9 Å². The summed E-state index contributed by atoms with van der Waals surface area (Å²) in [7, 11) is 4.79. The topological polar surface area (TPSA) is 36.9 Å². The number of methoxy groups -OCH3 is 3. The van der Waals surface area contributed by atoms with Crippen molar-refractivity contribution in [1.82, 2.24) is 0 Å². The van der Waals surface area contributed by atoms with Gasteiger partial charge in [-0.05, 0) is 6.92 Å². The van der Waals surface area contributed by atoms with Crippen LogP contribution in [0.4, 0.5) is 0 Å². The van der Waals surface area contributed by atoms with E-state index in [2.05, 4.69) is 0 Å². The second kappa shape index (κ2) is 5.46. The molecule has 1 rings (SSSR count). The van der Waals surface area contributed by atoms with Gasteiger partial charge in [-0.25, -0.2) is 0 Å². The molecule has 15 heavy (non-hydrogen) atoms. The molecule has 0 saturated carbocycles. The molecule has 0 unspecified atom stereocenters. The van der Waals surface area contributed by atoms with Gasteiger partial charge in [-0.1, -0.05) is 0 Å². The highest BCUT2D eigenvalue weighted by Crippen LogP contribution is 2.33. The average Bonchev–Trinajstić information content (AvgIpc) is 2.27. The number of rotatable bonds is 5. The van der Waals surface area contributed by atoms with Gasteiger partial charge in [0.25, 0.3) is 0 Å². The van der Waals surface area contributed by atoms with E-state index >= 15 is 0 Å². The summed E-state index contributed by atoms with van der Waals surface area (Å²) in [4.78, 5) is 0. The van der Waals surface area contributed by atoms with Crippen LogP contribution in [-0.4, -0.2) is 28.1 Å². The van der Waals surface area contributed by atoms with Gasteiger partial charge in [0.15, 0.2) is 6.79 Å². The first-order chi connectivity index (χ1) is 7.22. The molecule has 0 heterocycles. The van der Waals surface area contributed by atoms with Crippen molar-refractivity contribution in [2.75, 3.05) is 28.1 Å². The van der Waals surface area contributed by atoms with Crippen molar-refractivity contribution in [3.05, 3.63) is 17.7 Å². The van der Waals surface area contributed by atoms with E-state index in [0.717, 1.165) is 11.3 Å². The number of ether oxygens (including phenoxy) is 4. The predicted octanol–water partition coefficient (Wildman–Crippen LogP) is 1.99. The van der Waals surface area contributed by atoms with Gasteiger partial charge < -0.3 is 18.9 Å². The van der Waals surface area contributed by atoms with Gasteiger partial charge in [0.2, 0.25) is 0 Å². The lowest BCUT2D eigenvalue weighted by Crippen LogP contribution is -2.02. The molecule has 0 aromatic heterocycles. The predicted molar refractivity (Wildman–Crippen MR) is 56.8 cm³/mol. The van der Waals surface area contributed by atoms with E-state index in [1.54, 1.807) is 27.4 Å². The minimum absolute atomic E-state index is 0.206. The summed E-state index contributed by atoms with van der Waals surface area (Å²) >= 11 is 0. The Kier molecular flexibility index (Phi) is 4.24. The van der Waals surface area contributed by atoms with E-state index in [4.69, 9.17) is 18.9 Å². The molecule has 4 nitrogen and oxygen atoms in total. The van der Waals surface area contributed by atoms with Crippen LogP contribution in [0.25, 0.3) is 0 Å². The van der Waals surface area contributed by atoms with Gasteiger partial charge in [-0.3, -0.25) is 0 Å². The van der Waals surface area contributed by atoms with E-state index < -0.39 is 0 Å². The Bertz CT molecular complexity index is 323. The SMILES string of the molecule is COCOc1cc(OC)cc(OC)c1C. The number of hydrogen-bond donors (Lipinski definition) is 0. The largest absolute Gasteiger partial charge is 0.496 e. The summed E-state index contributed by atoms with van der Waals surface area (Å²) in [6.45, 7) is 2.13. The lowest BCUT2D eigenvalue weighted by Gasteiger charge is -2.13. The Morgan fingerprint density at radius 2 is 1.67 bits per heavy atom. The Balaban J connectivity index is 3.01. The average molecular weight is 212 g/mol. The molecule has 1 aromatic carbocycles. The van der Waals surface area contributed by atoms with Gasteiger partial charge in [-0.15, -0.1) is 0 Å². The molecule has 0 spiro atoms. The molecule has 0 saturated heterocycles. The van der Waals surface area contributed by atoms with Crippen molar-refractivity contribution in [3.8, 4) is 17.2 Å². The van der Waals surface area contributed by atoms with Crippen molar-refractivity contribution in [2.45, 2.75) is 6.92 Å². The maximum atomic E-state index is 5.39. The lowest BCUT2D eigenvalue weighted by atomic mass is 10.2. The quantitative estimate of drug-likeness (QED) is 0.699. The van der Waals surface area contributed by atoms with Gasteiger partial charge in [0.1, 0.15) is 17.2 Å². The van der Waals surface area contributed by atoms with Crippen LogP contribution in [0.15, 0.2) is 12.1 Å². The smallest absolute Gasteiger partial charge is 0.188 e. The first-order valence-electron chi connectivity index (χ1n) is 4.57. The Hall–Kier alpha value is -1.42. The summed E-state index contributed by atoms with van der Waals surface area (Å²) in [5.74, 6) is 2.14. The highest BCUT2D eigenvalue weighted by Gasteiger charge is 2.09. The fourth-order valence-electron chi connectivity index (χ4n) is 1.24. The standard InChI is InChI=1S/C11H16O4/c1-8-10(14-4)5-9(13-3)6-11(8)15-7-12-2/h5-6H,7H2,1-4H3. The zero-order valence-electron chi connectivity index (χ0n) is 9.49. The minimum atomic E-state index is 0.206. The van der Waals surface area contributed by atoms with Gasteiger partial charge in [-0.2, -0.15) is 0 Å². The zero-order chi connectivity index (χ0) is 11.3. The molecule has 0 amide bonds. The normalized spacial score (nSPS) is 9.87. The van der Waals surface area contributed by atoms with E-state index in [1.165, 1.54) is 0 Å². The van der Waals surface area contributed by atoms with Crippen LogP contribution in [0, 0.1) is 6.92 Å². The molecule has 0 aliphatic rings. The molecule has 84 valence electrons. The summed E-state index contributed by atoms with van der Waals surface area (Å²) in [6, 6.07) is 3.62. The van der Waals surface area contributed by atoms with Crippen LogP contribution >= 0.6 is 0 Å². The van der Waals surface area contributed by atoms with Crippen LogP contribution in [0.5, 0.6) is 17.2 Å². The highest BCUT2D eigenvalue weighted by atomic mass is 16.7. The van der Waals surface area contributed by atoms with Crippen molar-refractivity contribution in [3.63, 3.8) is 0 Å². The third kappa shape index (κ3) is 2.76. The van der Waals surface area contributed by atoms with Crippen molar-refractivity contribution in [2.24, 2.45) is 0 Å². The van der Waals surface area contributed by atoms with Crippen LogP contribution in [-0.2, 0) is 4.74 Å². The fraction of sp³-hybridized carbons (Fsp3) is 0.455. The van der Waals surface area contributed by atoms with E-state index in [0.29, 0.717) is 11.5 Å². The monoisotopic (exact) mass is 212 g/mol. The van der Waals surface area contributed by atoms with Gasteiger partial charge in [0, 0.05) is 24.8 Å². The van der Waals surface area contributed by atoms with Crippen molar-refractivity contribution >= 4 is 0 Å². The van der Waals surface area contributed by atoms with E-state index in [9.17, 15) is 0 Å². The molecule has 0 atom stereocenters. The van der Waals surface area contributed by atoms with E-state index in [-0.39, 0.29) is 6.79 Å². The highest BCUT2D eigenvalue weighted by molar-refractivity contribution is 5.49. The first-order valence-corrected chi connectivity index (χ1v) is 4.57. The molecule has 0 aliphatic carbocycles. The van der Waals surface area contributed by atoms with Crippen molar-refractivity contribution in [1.29, 1.82) is 0 Å². The molecule has 0 bridgehead atoms. The van der Waals surface area contributed by atoms with Crippen LogP contribution in [0.2, 0.25) is 0 Å². The van der Waals surface area contributed by atoms with Gasteiger partial charge in [0.05, 0.1) is 14.2 Å². The molecule has 0 radical (unpaired) electrons. The molecule has 0 N–H and O–H groups in total. The maximum absolute atomic E-state index is 5.39.